The number of thiazole rings is 2. The van der Waals surface area contributed by atoms with Crippen molar-refractivity contribution in [3.63, 3.8) is 0 Å². The van der Waals surface area contributed by atoms with Crippen molar-refractivity contribution in [2.45, 2.75) is 78.1 Å². The van der Waals surface area contributed by atoms with Crippen LogP contribution in [0.5, 0.6) is 0 Å². The van der Waals surface area contributed by atoms with Crippen molar-refractivity contribution in [3.05, 3.63) is 31.7 Å². The Labute approximate surface area is 196 Å². The molecule has 1 saturated carbocycles. The van der Waals surface area contributed by atoms with Crippen molar-refractivity contribution in [2.75, 3.05) is 13.1 Å². The molecule has 1 aliphatic heterocycles. The lowest BCUT2D eigenvalue weighted by molar-refractivity contribution is -0.137. The molecule has 5 nitrogen and oxygen atoms in total. The highest BCUT2D eigenvalue weighted by Gasteiger charge is 2.25. The van der Waals surface area contributed by atoms with Gasteiger partial charge in [0.25, 0.3) is 0 Å². The Kier molecular flexibility index (Phi) is 8.37. The molecule has 0 bridgehead atoms. The average Bonchev–Trinajstić information content (AvgIpc) is 3.36. The van der Waals surface area contributed by atoms with Gasteiger partial charge in [-0.1, -0.05) is 12.8 Å². The number of Topliss-reactive ketones (excluding diaryl/α,β-unsaturated/α-hetero) is 1. The lowest BCUT2D eigenvalue weighted by atomic mass is 9.78. The van der Waals surface area contributed by atoms with Gasteiger partial charge in [0, 0.05) is 41.9 Å². The van der Waals surface area contributed by atoms with Crippen molar-refractivity contribution >= 4 is 28.5 Å². The Balaban J connectivity index is 1.14. The Hall–Kier alpha value is -1.29. The summed E-state index contributed by atoms with van der Waals surface area (Å²) >= 11 is 3.13. The van der Waals surface area contributed by atoms with Gasteiger partial charge in [-0.3, -0.25) is 9.69 Å². The molecule has 176 valence electrons. The zero-order chi connectivity index (χ0) is 22.5. The first-order valence-electron chi connectivity index (χ1n) is 11.5. The third-order valence-corrected chi connectivity index (χ3v) is 8.60. The predicted molar refractivity (Wildman–Crippen MR) is 122 cm³/mol. The highest BCUT2D eigenvalue weighted by molar-refractivity contribution is 7.12. The minimum atomic E-state index is -2.75. The van der Waals surface area contributed by atoms with E-state index in [4.69, 9.17) is 0 Å². The maximum atomic E-state index is 12.4. The van der Waals surface area contributed by atoms with Gasteiger partial charge < -0.3 is 4.74 Å². The first-order chi connectivity index (χ1) is 15.4. The quantitative estimate of drug-likeness (QED) is 0.453. The van der Waals surface area contributed by atoms with Crippen LogP contribution in [0.15, 0.2) is 6.20 Å². The topological polar surface area (TPSA) is 55.3 Å². The van der Waals surface area contributed by atoms with E-state index in [-0.39, 0.29) is 6.61 Å². The molecule has 3 heterocycles. The first kappa shape index (κ1) is 23.9. The fourth-order valence-electron chi connectivity index (χ4n) is 4.86. The minimum absolute atomic E-state index is 0.106. The Morgan fingerprint density at radius 3 is 2.75 bits per heavy atom. The fourth-order valence-corrected chi connectivity index (χ4v) is 6.67. The zero-order valence-corrected chi connectivity index (χ0v) is 20.2. The molecule has 2 aliphatic rings. The Morgan fingerprint density at radius 1 is 1.25 bits per heavy atom. The molecule has 0 N–H and O–H groups in total. The molecule has 1 fully saturated rings. The number of carbonyl (C=O) groups is 1. The molecule has 0 aromatic carbocycles. The standard InChI is InChI=1S/C23H31F2N3O2S2/c1-15-26-12-19(31-15)11-18(29)10-17-4-2-16(3-5-17)6-8-28-9-7-21-20(13-28)27-22(32-21)14-30-23(24)25/h12,16-17,23H,2-11,13-14H2,1H3. The molecule has 0 amide bonds. The largest absolute Gasteiger partial charge is 0.345 e. The molecule has 0 saturated heterocycles. The second-order valence-corrected chi connectivity index (χ2v) is 11.5. The Bertz CT molecular complexity index is 894. The van der Waals surface area contributed by atoms with Gasteiger partial charge in [0.15, 0.2) is 0 Å². The van der Waals surface area contributed by atoms with Crippen LogP contribution in [0.25, 0.3) is 0 Å². The molecule has 2 aromatic rings. The van der Waals surface area contributed by atoms with Gasteiger partial charge in [-0.25, -0.2) is 9.97 Å². The van der Waals surface area contributed by atoms with Crippen LogP contribution in [0, 0.1) is 18.8 Å². The summed E-state index contributed by atoms with van der Waals surface area (Å²) in [7, 11) is 0. The number of rotatable bonds is 10. The molecule has 0 atom stereocenters. The van der Waals surface area contributed by atoms with E-state index < -0.39 is 6.61 Å². The molecule has 0 radical (unpaired) electrons. The number of ketones is 1. The lowest BCUT2D eigenvalue weighted by Gasteiger charge is -2.31. The van der Waals surface area contributed by atoms with Gasteiger partial charge in [-0.15, -0.1) is 22.7 Å². The van der Waals surface area contributed by atoms with E-state index in [9.17, 15) is 13.6 Å². The van der Waals surface area contributed by atoms with Crippen LogP contribution in [0.1, 0.15) is 64.0 Å². The van der Waals surface area contributed by atoms with E-state index in [1.807, 2.05) is 13.1 Å². The molecule has 32 heavy (non-hydrogen) atoms. The smallest absolute Gasteiger partial charge is 0.316 e. The van der Waals surface area contributed by atoms with Crippen molar-refractivity contribution < 1.29 is 18.3 Å². The first-order valence-corrected chi connectivity index (χ1v) is 13.1. The normalized spacial score (nSPS) is 21.8. The van der Waals surface area contributed by atoms with E-state index in [0.717, 1.165) is 60.4 Å². The summed E-state index contributed by atoms with van der Waals surface area (Å²) in [6.45, 7) is 1.99. The van der Waals surface area contributed by atoms with Gasteiger partial charge in [0.05, 0.1) is 10.7 Å². The van der Waals surface area contributed by atoms with Crippen LogP contribution in [0.4, 0.5) is 8.78 Å². The van der Waals surface area contributed by atoms with Crippen molar-refractivity contribution in [3.8, 4) is 0 Å². The summed E-state index contributed by atoms with van der Waals surface area (Å²) in [6.07, 6.45) is 9.93. The number of fused-ring (bicyclic) bond motifs is 1. The minimum Gasteiger partial charge on any atom is -0.316 e. The zero-order valence-electron chi connectivity index (χ0n) is 18.5. The van der Waals surface area contributed by atoms with Crippen molar-refractivity contribution in [1.29, 1.82) is 0 Å². The second kappa shape index (κ2) is 11.2. The highest BCUT2D eigenvalue weighted by Crippen LogP contribution is 2.34. The van der Waals surface area contributed by atoms with E-state index >= 15 is 0 Å². The van der Waals surface area contributed by atoms with Crippen LogP contribution >= 0.6 is 22.7 Å². The maximum Gasteiger partial charge on any atom is 0.345 e. The lowest BCUT2D eigenvalue weighted by Crippen LogP contribution is -2.32. The van der Waals surface area contributed by atoms with Crippen LogP contribution in [-0.4, -0.2) is 40.4 Å². The maximum absolute atomic E-state index is 12.4. The highest BCUT2D eigenvalue weighted by atomic mass is 32.1. The van der Waals surface area contributed by atoms with E-state index in [1.165, 1.54) is 35.5 Å². The number of alkyl halides is 2. The van der Waals surface area contributed by atoms with Crippen LogP contribution in [-0.2, 0) is 35.5 Å². The number of nitrogens with zero attached hydrogens (tertiary/aromatic N) is 3. The third-order valence-electron chi connectivity index (χ3n) is 6.56. The molecule has 9 heteroatoms. The van der Waals surface area contributed by atoms with Crippen LogP contribution < -0.4 is 0 Å². The number of carbonyl (C=O) groups excluding carboxylic acids is 1. The monoisotopic (exact) mass is 483 g/mol. The number of hydrogen-bond acceptors (Lipinski definition) is 7. The van der Waals surface area contributed by atoms with Gasteiger partial charge in [0.2, 0.25) is 0 Å². The van der Waals surface area contributed by atoms with Crippen molar-refractivity contribution in [2.24, 2.45) is 11.8 Å². The number of halogens is 2. The summed E-state index contributed by atoms with van der Waals surface area (Å²) < 4.78 is 28.9. The van der Waals surface area contributed by atoms with E-state index in [1.54, 1.807) is 11.3 Å². The Morgan fingerprint density at radius 2 is 2.03 bits per heavy atom. The van der Waals surface area contributed by atoms with Gasteiger partial charge in [0.1, 0.15) is 17.4 Å². The molecule has 2 aromatic heterocycles. The molecule has 4 rings (SSSR count). The van der Waals surface area contributed by atoms with Gasteiger partial charge in [-0.2, -0.15) is 8.78 Å². The van der Waals surface area contributed by atoms with Gasteiger partial charge >= 0.3 is 6.61 Å². The second-order valence-electron chi connectivity index (χ2n) is 9.02. The molecular weight excluding hydrogens is 452 g/mol. The summed E-state index contributed by atoms with van der Waals surface area (Å²) in [5.74, 6) is 1.62. The molecule has 0 unspecified atom stereocenters. The van der Waals surface area contributed by atoms with E-state index in [0.29, 0.717) is 29.6 Å². The molecular formula is C23H31F2N3O2S2. The summed E-state index contributed by atoms with van der Waals surface area (Å²) in [6, 6.07) is 0. The molecule has 1 aliphatic carbocycles. The number of aromatic nitrogens is 2. The number of ether oxygens (including phenoxy) is 1. The fraction of sp³-hybridized carbons (Fsp3) is 0.696. The number of aryl methyl sites for hydroxylation is 1. The SMILES string of the molecule is Cc1ncc(CC(=O)CC2CCC(CCN3CCc4sc(COC(F)F)nc4C3)CC2)s1. The third kappa shape index (κ3) is 6.85. The predicted octanol–water partition coefficient (Wildman–Crippen LogP) is 5.40. The van der Waals surface area contributed by atoms with E-state index in [2.05, 4.69) is 19.6 Å². The average molecular weight is 484 g/mol. The van der Waals surface area contributed by atoms with Crippen molar-refractivity contribution in [1.82, 2.24) is 14.9 Å². The molecule has 0 spiro atoms. The summed E-state index contributed by atoms with van der Waals surface area (Å²) in [5, 5.41) is 1.67. The van der Waals surface area contributed by atoms with Gasteiger partial charge in [-0.05, 0) is 51.0 Å². The van der Waals surface area contributed by atoms with Crippen LogP contribution in [0.3, 0.4) is 0 Å². The van der Waals surface area contributed by atoms with Crippen LogP contribution in [0.2, 0.25) is 0 Å². The summed E-state index contributed by atoms with van der Waals surface area (Å²) in [4.78, 5) is 25.9. The summed E-state index contributed by atoms with van der Waals surface area (Å²) in [5.41, 5.74) is 1.03. The number of hydrogen-bond donors (Lipinski definition) is 0.